The predicted molar refractivity (Wildman–Crippen MR) is 79.3 cm³/mol. The highest BCUT2D eigenvalue weighted by molar-refractivity contribution is 5.99. The lowest BCUT2D eigenvalue weighted by Gasteiger charge is -2.25. The van der Waals surface area contributed by atoms with E-state index in [2.05, 4.69) is 43.3 Å². The number of hydrogen-bond donors (Lipinski definition) is 2. The van der Waals surface area contributed by atoms with Crippen LogP contribution in [0.4, 0.5) is 5.69 Å². The van der Waals surface area contributed by atoms with Gasteiger partial charge in [0.25, 0.3) is 5.91 Å². The summed E-state index contributed by atoms with van der Waals surface area (Å²) >= 11 is 0. The number of rotatable bonds is 6. The van der Waals surface area contributed by atoms with Gasteiger partial charge in [-0.15, -0.1) is 0 Å². The first-order valence-corrected chi connectivity index (χ1v) is 6.87. The van der Waals surface area contributed by atoms with Crippen molar-refractivity contribution in [1.82, 2.24) is 10.3 Å². The molecular weight excluding hydrogens is 238 g/mol. The van der Waals surface area contributed by atoms with Crippen molar-refractivity contribution < 1.29 is 4.79 Å². The lowest BCUT2D eigenvalue weighted by molar-refractivity contribution is 0.0938. The summed E-state index contributed by atoms with van der Waals surface area (Å²) in [6.07, 6.45) is 3.30. The van der Waals surface area contributed by atoms with Crippen molar-refractivity contribution in [3.63, 3.8) is 0 Å². The highest BCUT2D eigenvalue weighted by Crippen LogP contribution is 2.20. The number of pyridine rings is 1. The minimum atomic E-state index is -0.0435. The molecule has 4 heteroatoms. The molecule has 0 unspecified atom stereocenters. The Hall–Kier alpha value is -1.58. The van der Waals surface area contributed by atoms with Gasteiger partial charge in [-0.1, -0.05) is 27.7 Å². The third-order valence-corrected chi connectivity index (χ3v) is 3.55. The highest BCUT2D eigenvalue weighted by atomic mass is 16.1. The van der Waals surface area contributed by atoms with Crippen molar-refractivity contribution in [2.24, 2.45) is 17.8 Å². The summed E-state index contributed by atoms with van der Waals surface area (Å²) < 4.78 is 0. The average Bonchev–Trinajstić information content (AvgIpc) is 2.37. The Kier molecular flexibility index (Phi) is 5.80. The van der Waals surface area contributed by atoms with Gasteiger partial charge in [-0.2, -0.15) is 0 Å². The average molecular weight is 263 g/mol. The fourth-order valence-corrected chi connectivity index (χ4v) is 2.34. The molecule has 0 bridgehead atoms. The molecule has 1 amide bonds. The van der Waals surface area contributed by atoms with Gasteiger partial charge in [0, 0.05) is 19.8 Å². The Morgan fingerprint density at radius 1 is 1.26 bits per heavy atom. The maximum absolute atomic E-state index is 12.2. The van der Waals surface area contributed by atoms with Gasteiger partial charge in [-0.25, -0.2) is 0 Å². The van der Waals surface area contributed by atoms with Gasteiger partial charge in [0.05, 0.1) is 17.4 Å². The fourth-order valence-electron chi connectivity index (χ4n) is 2.34. The molecular formula is C15H25N3O. The maximum atomic E-state index is 12.2. The molecule has 0 fully saturated rings. The lowest BCUT2D eigenvalue weighted by atomic mass is 9.85. The SMILES string of the molecule is CNc1cnccc1C(=O)NCC(C(C)C)C(C)C. The summed E-state index contributed by atoms with van der Waals surface area (Å²) in [6.45, 7) is 9.49. The molecule has 19 heavy (non-hydrogen) atoms. The monoisotopic (exact) mass is 263 g/mol. The van der Waals surface area contributed by atoms with Crippen LogP contribution in [-0.2, 0) is 0 Å². The Bertz CT molecular complexity index is 408. The maximum Gasteiger partial charge on any atom is 0.253 e. The van der Waals surface area contributed by atoms with E-state index in [1.165, 1.54) is 0 Å². The van der Waals surface area contributed by atoms with E-state index in [4.69, 9.17) is 0 Å². The summed E-state index contributed by atoms with van der Waals surface area (Å²) in [6, 6.07) is 1.74. The molecule has 0 atom stereocenters. The summed E-state index contributed by atoms with van der Waals surface area (Å²) in [5, 5.41) is 6.02. The molecule has 1 rings (SSSR count). The number of anilines is 1. The normalized spacial score (nSPS) is 11.2. The van der Waals surface area contributed by atoms with Gasteiger partial charge in [0.1, 0.15) is 0 Å². The van der Waals surface area contributed by atoms with Crippen molar-refractivity contribution in [2.45, 2.75) is 27.7 Å². The second-order valence-corrected chi connectivity index (χ2v) is 5.53. The summed E-state index contributed by atoms with van der Waals surface area (Å²) in [7, 11) is 1.79. The zero-order valence-electron chi connectivity index (χ0n) is 12.5. The molecule has 0 saturated carbocycles. The molecule has 2 N–H and O–H groups in total. The number of aromatic nitrogens is 1. The molecule has 1 aromatic rings. The van der Waals surface area contributed by atoms with Gasteiger partial charge >= 0.3 is 0 Å². The van der Waals surface area contributed by atoms with E-state index in [0.29, 0.717) is 29.9 Å². The Morgan fingerprint density at radius 3 is 2.42 bits per heavy atom. The number of amides is 1. The van der Waals surface area contributed by atoms with Crippen LogP contribution < -0.4 is 10.6 Å². The van der Waals surface area contributed by atoms with Crippen LogP contribution in [-0.4, -0.2) is 24.5 Å². The fraction of sp³-hybridized carbons (Fsp3) is 0.600. The minimum Gasteiger partial charge on any atom is -0.386 e. The van der Waals surface area contributed by atoms with Crippen molar-refractivity contribution in [1.29, 1.82) is 0 Å². The van der Waals surface area contributed by atoms with E-state index in [9.17, 15) is 4.79 Å². The molecule has 0 aliphatic carbocycles. The van der Waals surface area contributed by atoms with Gasteiger partial charge in [-0.3, -0.25) is 9.78 Å². The number of carbonyl (C=O) groups is 1. The standard InChI is InChI=1S/C15H25N3O/c1-10(2)13(11(3)4)8-18-15(19)12-6-7-17-9-14(12)16-5/h6-7,9-11,13,16H,8H2,1-5H3,(H,18,19). The smallest absolute Gasteiger partial charge is 0.253 e. The molecule has 0 aliphatic rings. The lowest BCUT2D eigenvalue weighted by Crippen LogP contribution is -2.34. The first kappa shape index (κ1) is 15.5. The topological polar surface area (TPSA) is 54.0 Å². The van der Waals surface area contributed by atoms with Crippen molar-refractivity contribution in [3.05, 3.63) is 24.0 Å². The third kappa shape index (κ3) is 4.23. The van der Waals surface area contributed by atoms with Crippen molar-refractivity contribution in [2.75, 3.05) is 18.9 Å². The molecule has 1 heterocycles. The molecule has 0 aromatic carbocycles. The molecule has 1 aromatic heterocycles. The summed E-state index contributed by atoms with van der Waals surface area (Å²) in [5.74, 6) is 1.56. The Morgan fingerprint density at radius 2 is 1.89 bits per heavy atom. The van der Waals surface area contributed by atoms with Crippen LogP contribution in [0, 0.1) is 17.8 Å². The Labute approximate surface area is 116 Å². The quantitative estimate of drug-likeness (QED) is 0.829. The number of nitrogens with zero attached hydrogens (tertiary/aromatic N) is 1. The van der Waals surface area contributed by atoms with Crippen LogP contribution in [0.25, 0.3) is 0 Å². The zero-order valence-corrected chi connectivity index (χ0v) is 12.5. The van der Waals surface area contributed by atoms with E-state index < -0.39 is 0 Å². The van der Waals surface area contributed by atoms with Gasteiger partial charge in [0.2, 0.25) is 0 Å². The van der Waals surface area contributed by atoms with Gasteiger partial charge < -0.3 is 10.6 Å². The van der Waals surface area contributed by atoms with E-state index in [1.54, 1.807) is 25.5 Å². The van der Waals surface area contributed by atoms with Crippen molar-refractivity contribution in [3.8, 4) is 0 Å². The van der Waals surface area contributed by atoms with E-state index >= 15 is 0 Å². The molecule has 0 spiro atoms. The molecule has 4 nitrogen and oxygen atoms in total. The highest BCUT2D eigenvalue weighted by Gasteiger charge is 2.19. The van der Waals surface area contributed by atoms with Crippen molar-refractivity contribution >= 4 is 11.6 Å². The second-order valence-electron chi connectivity index (χ2n) is 5.53. The van der Waals surface area contributed by atoms with Crippen LogP contribution in [0.15, 0.2) is 18.5 Å². The molecule has 0 radical (unpaired) electrons. The first-order valence-electron chi connectivity index (χ1n) is 6.87. The minimum absolute atomic E-state index is 0.0435. The Balaban J connectivity index is 2.69. The third-order valence-electron chi connectivity index (χ3n) is 3.55. The van der Waals surface area contributed by atoms with Crippen LogP contribution >= 0.6 is 0 Å². The summed E-state index contributed by atoms with van der Waals surface area (Å²) in [4.78, 5) is 16.2. The van der Waals surface area contributed by atoms with E-state index in [-0.39, 0.29) is 5.91 Å². The summed E-state index contributed by atoms with van der Waals surface area (Å²) in [5.41, 5.74) is 1.40. The first-order chi connectivity index (χ1) is 8.97. The number of hydrogen-bond acceptors (Lipinski definition) is 3. The molecule has 0 aliphatic heterocycles. The number of carbonyl (C=O) groups excluding carboxylic acids is 1. The van der Waals surface area contributed by atoms with Gasteiger partial charge in [-0.05, 0) is 23.8 Å². The van der Waals surface area contributed by atoms with Crippen LogP contribution in [0.1, 0.15) is 38.1 Å². The van der Waals surface area contributed by atoms with Crippen LogP contribution in [0.5, 0.6) is 0 Å². The second kappa shape index (κ2) is 7.12. The van der Waals surface area contributed by atoms with E-state index in [0.717, 1.165) is 5.69 Å². The molecule has 0 saturated heterocycles. The van der Waals surface area contributed by atoms with Crippen LogP contribution in [0.2, 0.25) is 0 Å². The predicted octanol–water partition coefficient (Wildman–Crippen LogP) is 2.78. The molecule has 106 valence electrons. The largest absolute Gasteiger partial charge is 0.386 e. The van der Waals surface area contributed by atoms with Crippen LogP contribution in [0.3, 0.4) is 0 Å². The number of nitrogens with one attached hydrogen (secondary N) is 2. The van der Waals surface area contributed by atoms with Gasteiger partial charge in [0.15, 0.2) is 0 Å². The van der Waals surface area contributed by atoms with E-state index in [1.807, 2.05) is 0 Å². The zero-order chi connectivity index (χ0) is 14.4.